The van der Waals surface area contributed by atoms with E-state index in [1.54, 1.807) is 6.92 Å². The molecule has 11 heteroatoms. The van der Waals surface area contributed by atoms with Crippen LogP contribution in [0, 0.1) is 5.82 Å². The number of anilines is 1. The molecular formula is C14H10F4N6O. The first kappa shape index (κ1) is 16.7. The fourth-order valence-corrected chi connectivity index (χ4v) is 1.95. The largest absolute Gasteiger partial charge is 0.471 e. The van der Waals surface area contributed by atoms with Gasteiger partial charge in [0, 0.05) is 18.6 Å². The molecule has 0 bridgehead atoms. The van der Waals surface area contributed by atoms with Gasteiger partial charge in [0.25, 0.3) is 0 Å². The summed E-state index contributed by atoms with van der Waals surface area (Å²) in [5.74, 6) is -2.09. The van der Waals surface area contributed by atoms with Crippen LogP contribution in [0.4, 0.5) is 23.5 Å². The summed E-state index contributed by atoms with van der Waals surface area (Å²) in [7, 11) is 0. The second-order valence-corrected chi connectivity index (χ2v) is 4.95. The number of aromatic nitrogens is 5. The van der Waals surface area contributed by atoms with E-state index in [-0.39, 0.29) is 23.0 Å². The Kier molecular flexibility index (Phi) is 4.30. The van der Waals surface area contributed by atoms with Gasteiger partial charge in [0.15, 0.2) is 0 Å². The molecule has 1 N–H and O–H groups in total. The number of halogens is 4. The first-order chi connectivity index (χ1) is 11.8. The predicted octanol–water partition coefficient (Wildman–Crippen LogP) is 3.25. The Labute approximate surface area is 138 Å². The zero-order valence-corrected chi connectivity index (χ0v) is 12.6. The first-order valence-corrected chi connectivity index (χ1v) is 6.95. The molecule has 3 aromatic heterocycles. The van der Waals surface area contributed by atoms with Crippen molar-refractivity contribution in [2.75, 3.05) is 5.32 Å². The average Bonchev–Trinajstić information content (AvgIpc) is 3.06. The average molecular weight is 354 g/mol. The van der Waals surface area contributed by atoms with Crippen molar-refractivity contribution in [1.29, 1.82) is 0 Å². The van der Waals surface area contributed by atoms with Gasteiger partial charge < -0.3 is 9.84 Å². The summed E-state index contributed by atoms with van der Waals surface area (Å²) < 4.78 is 55.1. The quantitative estimate of drug-likeness (QED) is 0.719. The number of nitrogens with zero attached hydrogens (tertiary/aromatic N) is 5. The van der Waals surface area contributed by atoms with Crippen LogP contribution in [0.3, 0.4) is 0 Å². The Morgan fingerprint density at radius 1 is 1.16 bits per heavy atom. The van der Waals surface area contributed by atoms with Gasteiger partial charge in [0.05, 0.1) is 17.3 Å². The van der Waals surface area contributed by atoms with Gasteiger partial charge in [-0.2, -0.15) is 18.2 Å². The minimum Gasteiger partial charge on any atom is -0.346 e. The number of hydrogen-bond donors (Lipinski definition) is 1. The van der Waals surface area contributed by atoms with Crippen LogP contribution >= 0.6 is 0 Å². The fourth-order valence-electron chi connectivity index (χ4n) is 1.95. The first-order valence-electron chi connectivity index (χ1n) is 6.95. The Balaban J connectivity index is 1.74. The van der Waals surface area contributed by atoms with Gasteiger partial charge in [-0.15, -0.1) is 0 Å². The lowest BCUT2D eigenvalue weighted by Gasteiger charge is -2.13. The summed E-state index contributed by atoms with van der Waals surface area (Å²) in [5, 5.41) is 6.07. The highest BCUT2D eigenvalue weighted by Gasteiger charge is 2.38. The molecule has 1 atom stereocenters. The van der Waals surface area contributed by atoms with Crippen molar-refractivity contribution in [1.82, 2.24) is 25.1 Å². The molecule has 7 nitrogen and oxygen atoms in total. The van der Waals surface area contributed by atoms with E-state index < -0.39 is 23.9 Å². The van der Waals surface area contributed by atoms with Crippen molar-refractivity contribution in [3.63, 3.8) is 0 Å². The predicted molar refractivity (Wildman–Crippen MR) is 76.6 cm³/mol. The molecule has 0 aliphatic heterocycles. The highest BCUT2D eigenvalue weighted by atomic mass is 19.4. The zero-order chi connectivity index (χ0) is 18.0. The van der Waals surface area contributed by atoms with E-state index >= 15 is 0 Å². The third-order valence-electron chi connectivity index (χ3n) is 3.12. The summed E-state index contributed by atoms with van der Waals surface area (Å²) in [6.45, 7) is 1.66. The maximum atomic E-state index is 13.7. The lowest BCUT2D eigenvalue weighted by molar-refractivity contribution is -0.159. The molecule has 0 aromatic carbocycles. The van der Waals surface area contributed by atoms with Crippen LogP contribution in [0.5, 0.6) is 0 Å². The fraction of sp³-hybridized carbons (Fsp3) is 0.214. The molecule has 1 unspecified atom stereocenters. The second kappa shape index (κ2) is 6.42. The van der Waals surface area contributed by atoms with Crippen LogP contribution in [0.2, 0.25) is 0 Å². The minimum absolute atomic E-state index is 0.140. The number of alkyl halides is 3. The molecule has 25 heavy (non-hydrogen) atoms. The molecular weight excluding hydrogens is 344 g/mol. The van der Waals surface area contributed by atoms with Gasteiger partial charge in [0.1, 0.15) is 5.82 Å². The Bertz CT molecular complexity index is 864. The zero-order valence-electron chi connectivity index (χ0n) is 12.6. The highest BCUT2D eigenvalue weighted by molar-refractivity contribution is 5.52. The summed E-state index contributed by atoms with van der Waals surface area (Å²) in [6.07, 6.45) is -0.825. The van der Waals surface area contributed by atoms with E-state index in [4.69, 9.17) is 0 Å². The summed E-state index contributed by atoms with van der Waals surface area (Å²) in [6, 6.07) is 2.23. The molecule has 0 aliphatic rings. The smallest absolute Gasteiger partial charge is 0.346 e. The van der Waals surface area contributed by atoms with Gasteiger partial charge in [-0.05, 0) is 19.1 Å². The van der Waals surface area contributed by atoms with Crippen molar-refractivity contribution in [3.05, 3.63) is 48.1 Å². The molecule has 3 aromatic rings. The maximum Gasteiger partial charge on any atom is 0.471 e. The van der Waals surface area contributed by atoms with Gasteiger partial charge in [-0.1, -0.05) is 5.16 Å². The van der Waals surface area contributed by atoms with E-state index in [0.29, 0.717) is 0 Å². The van der Waals surface area contributed by atoms with Crippen molar-refractivity contribution in [2.24, 2.45) is 0 Å². The van der Waals surface area contributed by atoms with E-state index in [0.717, 1.165) is 0 Å². The van der Waals surface area contributed by atoms with Crippen molar-refractivity contribution >= 4 is 5.95 Å². The SMILES string of the molecule is CC(Nc1ncc(-c2noc(C(F)(F)F)n2)cn1)c1ncccc1F. The minimum atomic E-state index is -4.73. The molecule has 3 heterocycles. The molecule has 130 valence electrons. The Morgan fingerprint density at radius 2 is 1.88 bits per heavy atom. The van der Waals surface area contributed by atoms with Crippen LogP contribution in [-0.2, 0) is 6.18 Å². The number of pyridine rings is 1. The third-order valence-corrected chi connectivity index (χ3v) is 3.12. The molecule has 0 saturated heterocycles. The van der Waals surface area contributed by atoms with Crippen molar-refractivity contribution in [3.8, 4) is 11.4 Å². The number of nitrogens with one attached hydrogen (secondary N) is 1. The topological polar surface area (TPSA) is 89.6 Å². The van der Waals surface area contributed by atoms with Crippen LogP contribution in [0.1, 0.15) is 24.6 Å². The van der Waals surface area contributed by atoms with Crippen molar-refractivity contribution < 1.29 is 22.1 Å². The van der Waals surface area contributed by atoms with Crippen LogP contribution in [-0.4, -0.2) is 25.1 Å². The molecule has 0 fully saturated rings. The van der Waals surface area contributed by atoms with Gasteiger partial charge in [0.2, 0.25) is 11.8 Å². The maximum absolute atomic E-state index is 13.7. The molecule has 0 saturated carbocycles. The van der Waals surface area contributed by atoms with E-state index in [9.17, 15) is 17.6 Å². The lowest BCUT2D eigenvalue weighted by Crippen LogP contribution is -2.12. The van der Waals surface area contributed by atoms with Crippen LogP contribution in [0.15, 0.2) is 35.2 Å². The monoisotopic (exact) mass is 354 g/mol. The summed E-state index contributed by atoms with van der Waals surface area (Å²) in [5.41, 5.74) is 0.324. The van der Waals surface area contributed by atoms with Gasteiger partial charge >= 0.3 is 12.1 Å². The molecule has 3 rings (SSSR count). The normalized spacial score (nSPS) is 12.8. The summed E-state index contributed by atoms with van der Waals surface area (Å²) >= 11 is 0. The molecule has 0 radical (unpaired) electrons. The third kappa shape index (κ3) is 3.70. The summed E-state index contributed by atoms with van der Waals surface area (Å²) in [4.78, 5) is 15.1. The van der Waals surface area contributed by atoms with Gasteiger partial charge in [-0.3, -0.25) is 4.98 Å². The molecule has 0 aliphatic carbocycles. The Hall–Kier alpha value is -3.11. The van der Waals surface area contributed by atoms with Gasteiger partial charge in [-0.25, -0.2) is 14.4 Å². The molecule has 0 spiro atoms. The van der Waals surface area contributed by atoms with Crippen LogP contribution < -0.4 is 5.32 Å². The second-order valence-electron chi connectivity index (χ2n) is 4.95. The lowest BCUT2D eigenvalue weighted by atomic mass is 10.2. The Morgan fingerprint density at radius 3 is 2.48 bits per heavy atom. The van der Waals surface area contributed by atoms with E-state index in [1.165, 1.54) is 30.7 Å². The molecule has 0 amide bonds. The number of hydrogen-bond acceptors (Lipinski definition) is 7. The van der Waals surface area contributed by atoms with Crippen molar-refractivity contribution in [2.45, 2.75) is 19.1 Å². The van der Waals surface area contributed by atoms with E-state index in [1.807, 2.05) is 0 Å². The standard InChI is InChI=1S/C14H10F4N6O/c1-7(10-9(15)3-2-4-19-10)22-13-20-5-8(6-21-13)11-23-12(25-24-11)14(16,17)18/h2-7H,1H3,(H,20,21,22). The highest BCUT2D eigenvalue weighted by Crippen LogP contribution is 2.29. The van der Waals surface area contributed by atoms with Crippen LogP contribution in [0.25, 0.3) is 11.4 Å². The van der Waals surface area contributed by atoms with E-state index in [2.05, 4.69) is 34.9 Å². The number of rotatable bonds is 4.